The lowest BCUT2D eigenvalue weighted by molar-refractivity contribution is 0.0663. The third-order valence-electron chi connectivity index (χ3n) is 5.50. The van der Waals surface area contributed by atoms with Crippen LogP contribution >= 0.6 is 0 Å². The van der Waals surface area contributed by atoms with E-state index in [1.165, 1.54) is 12.4 Å². The quantitative estimate of drug-likeness (QED) is 0.594. The van der Waals surface area contributed by atoms with Crippen LogP contribution in [-0.2, 0) is 14.6 Å². The number of carbonyl (C=O) groups is 1. The Hall–Kier alpha value is -3.28. The molecule has 3 aromatic rings. The van der Waals surface area contributed by atoms with Gasteiger partial charge in [-0.05, 0) is 45.7 Å². The number of aryl methyl sites for hydroxylation is 1. The molecule has 0 unspecified atom stereocenters. The number of hydrogen-bond acceptors (Lipinski definition) is 9. The molecule has 0 bridgehead atoms. The number of piperidine rings is 1. The highest BCUT2D eigenvalue weighted by molar-refractivity contribution is 7.90. The largest absolute Gasteiger partial charge is 0.447 e. The lowest BCUT2D eigenvalue weighted by Gasteiger charge is -2.32. The van der Waals surface area contributed by atoms with Crippen LogP contribution in [0, 0.1) is 6.92 Å². The summed E-state index contributed by atoms with van der Waals surface area (Å²) in [5.74, 6) is 0.508. The fourth-order valence-corrected chi connectivity index (χ4v) is 4.44. The lowest BCUT2D eigenvalue weighted by atomic mass is 10.1. The van der Waals surface area contributed by atoms with Crippen LogP contribution in [0.2, 0.25) is 0 Å². The zero-order chi connectivity index (χ0) is 23.8. The molecule has 0 atom stereocenters. The minimum atomic E-state index is -3.39. The molecule has 1 fully saturated rings. The highest BCUT2D eigenvalue weighted by Gasteiger charge is 2.27. The number of carbonyl (C=O) groups excluding carboxylic acids is 1. The Labute approximate surface area is 192 Å². The van der Waals surface area contributed by atoms with Gasteiger partial charge in [0.05, 0.1) is 23.8 Å². The number of rotatable bonds is 5. The molecule has 1 aliphatic heterocycles. The molecule has 4 rings (SSSR count). The van der Waals surface area contributed by atoms with Crippen LogP contribution in [0.4, 0.5) is 16.3 Å². The highest BCUT2D eigenvalue weighted by atomic mass is 32.2. The standard InChI is InChI=1S/C21H27N7O4S/c1-13(2)32-21(29)27-9-7-15(8-10-27)28-12-24-18-19(22-11-23-20(18)28)26-16-5-6-17(25-14(16)3)33(4,30)31/h5-6,11-13,15H,7-10H2,1-4H3,(H,22,23,26). The molecule has 4 heterocycles. The fraction of sp³-hybridized carbons (Fsp3) is 0.476. The highest BCUT2D eigenvalue weighted by Crippen LogP contribution is 2.29. The molecule has 0 spiro atoms. The molecule has 0 aromatic carbocycles. The van der Waals surface area contributed by atoms with Gasteiger partial charge in [-0.1, -0.05) is 0 Å². The van der Waals surface area contributed by atoms with Gasteiger partial charge in [-0.15, -0.1) is 0 Å². The van der Waals surface area contributed by atoms with Gasteiger partial charge in [0.2, 0.25) is 0 Å². The monoisotopic (exact) mass is 473 g/mol. The van der Waals surface area contributed by atoms with Crippen molar-refractivity contribution in [2.75, 3.05) is 24.7 Å². The van der Waals surface area contributed by atoms with Crippen LogP contribution in [0.1, 0.15) is 38.4 Å². The minimum Gasteiger partial charge on any atom is -0.447 e. The van der Waals surface area contributed by atoms with Crippen molar-refractivity contribution in [1.29, 1.82) is 0 Å². The first kappa shape index (κ1) is 22.9. The van der Waals surface area contributed by atoms with Crippen LogP contribution < -0.4 is 5.32 Å². The van der Waals surface area contributed by atoms with Gasteiger partial charge in [-0.3, -0.25) is 0 Å². The zero-order valence-electron chi connectivity index (χ0n) is 19.0. The first-order chi connectivity index (χ1) is 15.6. The molecule has 1 amide bonds. The first-order valence-corrected chi connectivity index (χ1v) is 12.6. The maximum atomic E-state index is 12.2. The second-order valence-electron chi connectivity index (χ2n) is 8.38. The molecule has 3 aromatic heterocycles. The van der Waals surface area contributed by atoms with Crippen LogP contribution in [0.3, 0.4) is 0 Å². The van der Waals surface area contributed by atoms with Crippen molar-refractivity contribution in [3.05, 3.63) is 30.5 Å². The van der Waals surface area contributed by atoms with E-state index in [1.807, 2.05) is 18.4 Å². The van der Waals surface area contributed by atoms with Crippen molar-refractivity contribution in [2.24, 2.45) is 0 Å². The minimum absolute atomic E-state index is 0.0197. The number of amides is 1. The van der Waals surface area contributed by atoms with Crippen LogP contribution in [0.15, 0.2) is 29.8 Å². The Kier molecular flexibility index (Phi) is 6.19. The number of ether oxygens (including phenoxy) is 1. The average molecular weight is 474 g/mol. The van der Waals surface area contributed by atoms with Gasteiger partial charge in [0.15, 0.2) is 31.8 Å². The van der Waals surface area contributed by atoms with E-state index in [9.17, 15) is 13.2 Å². The SMILES string of the molecule is Cc1nc(S(C)(=O)=O)ccc1Nc1ncnc2c1ncn2C1CCN(C(=O)OC(C)C)CC1. The molecule has 0 saturated carbocycles. The van der Waals surface area contributed by atoms with E-state index in [1.54, 1.807) is 24.2 Å². The predicted octanol–water partition coefficient (Wildman–Crippen LogP) is 2.86. The Morgan fingerprint density at radius 3 is 2.55 bits per heavy atom. The Bertz CT molecular complexity index is 1280. The van der Waals surface area contributed by atoms with Gasteiger partial charge in [0, 0.05) is 25.4 Å². The number of nitrogens with one attached hydrogen (secondary N) is 1. The Balaban J connectivity index is 1.53. The molecule has 33 heavy (non-hydrogen) atoms. The summed E-state index contributed by atoms with van der Waals surface area (Å²) in [6.07, 6.45) is 5.44. The summed E-state index contributed by atoms with van der Waals surface area (Å²) in [5, 5.41) is 3.22. The maximum absolute atomic E-state index is 12.2. The molecular weight excluding hydrogens is 446 g/mol. The molecular formula is C21H27N7O4S. The molecule has 1 aliphatic rings. The Morgan fingerprint density at radius 2 is 1.91 bits per heavy atom. The van der Waals surface area contributed by atoms with E-state index in [-0.39, 0.29) is 23.3 Å². The Morgan fingerprint density at radius 1 is 1.18 bits per heavy atom. The number of imidazole rings is 1. The van der Waals surface area contributed by atoms with E-state index < -0.39 is 9.84 Å². The third kappa shape index (κ3) is 4.90. The molecule has 176 valence electrons. The van der Waals surface area contributed by atoms with Crippen molar-refractivity contribution in [3.8, 4) is 0 Å². The lowest BCUT2D eigenvalue weighted by Crippen LogP contribution is -2.40. The summed E-state index contributed by atoms with van der Waals surface area (Å²) in [6, 6.07) is 3.27. The summed E-state index contributed by atoms with van der Waals surface area (Å²) < 4.78 is 30.8. The number of fused-ring (bicyclic) bond motifs is 1. The van der Waals surface area contributed by atoms with Gasteiger partial charge in [-0.25, -0.2) is 33.1 Å². The normalized spacial score (nSPS) is 15.2. The average Bonchev–Trinajstić information content (AvgIpc) is 3.19. The smallest absolute Gasteiger partial charge is 0.410 e. The molecule has 12 heteroatoms. The number of hydrogen-bond donors (Lipinski definition) is 1. The molecule has 0 radical (unpaired) electrons. The van der Waals surface area contributed by atoms with Gasteiger partial charge in [-0.2, -0.15) is 0 Å². The van der Waals surface area contributed by atoms with E-state index >= 15 is 0 Å². The fourth-order valence-electron chi connectivity index (χ4n) is 3.82. The van der Waals surface area contributed by atoms with E-state index in [0.29, 0.717) is 41.5 Å². The molecule has 1 N–H and O–H groups in total. The summed E-state index contributed by atoms with van der Waals surface area (Å²) in [4.78, 5) is 31.3. The van der Waals surface area contributed by atoms with Crippen LogP contribution in [-0.4, -0.2) is 69.4 Å². The third-order valence-corrected chi connectivity index (χ3v) is 6.49. The number of sulfone groups is 1. The van der Waals surface area contributed by atoms with Gasteiger partial charge >= 0.3 is 6.09 Å². The van der Waals surface area contributed by atoms with Crippen molar-refractivity contribution >= 4 is 38.6 Å². The second-order valence-corrected chi connectivity index (χ2v) is 10.3. The molecule has 0 aliphatic carbocycles. The second kappa shape index (κ2) is 8.93. The first-order valence-electron chi connectivity index (χ1n) is 10.7. The van der Waals surface area contributed by atoms with Gasteiger partial charge in [0.1, 0.15) is 6.33 Å². The summed E-state index contributed by atoms with van der Waals surface area (Å²) in [7, 11) is -3.39. The van der Waals surface area contributed by atoms with Crippen molar-refractivity contribution < 1.29 is 17.9 Å². The van der Waals surface area contributed by atoms with E-state index in [2.05, 4.69) is 25.3 Å². The summed E-state index contributed by atoms with van der Waals surface area (Å²) >= 11 is 0. The predicted molar refractivity (Wildman–Crippen MR) is 122 cm³/mol. The number of aromatic nitrogens is 5. The van der Waals surface area contributed by atoms with Crippen LogP contribution in [0.25, 0.3) is 11.2 Å². The van der Waals surface area contributed by atoms with Gasteiger partial charge in [0.25, 0.3) is 0 Å². The zero-order valence-corrected chi connectivity index (χ0v) is 19.8. The van der Waals surface area contributed by atoms with E-state index in [0.717, 1.165) is 19.1 Å². The summed E-state index contributed by atoms with van der Waals surface area (Å²) in [5.41, 5.74) is 2.46. The number of nitrogens with zero attached hydrogens (tertiary/aromatic N) is 6. The van der Waals surface area contributed by atoms with Crippen molar-refractivity contribution in [3.63, 3.8) is 0 Å². The molecule has 1 saturated heterocycles. The van der Waals surface area contributed by atoms with Crippen molar-refractivity contribution in [1.82, 2.24) is 29.4 Å². The molecule has 11 nitrogen and oxygen atoms in total. The summed E-state index contributed by atoms with van der Waals surface area (Å²) in [6.45, 7) is 6.61. The number of pyridine rings is 1. The number of likely N-dealkylation sites (tertiary alicyclic amines) is 1. The number of anilines is 2. The van der Waals surface area contributed by atoms with Gasteiger partial charge < -0.3 is 19.5 Å². The van der Waals surface area contributed by atoms with E-state index in [4.69, 9.17) is 4.74 Å². The maximum Gasteiger partial charge on any atom is 0.410 e. The van der Waals surface area contributed by atoms with Crippen LogP contribution in [0.5, 0.6) is 0 Å². The van der Waals surface area contributed by atoms with Crippen molar-refractivity contribution in [2.45, 2.75) is 50.8 Å². The topological polar surface area (TPSA) is 132 Å².